The van der Waals surface area contributed by atoms with Gasteiger partial charge in [-0.05, 0) is 31.5 Å². The van der Waals surface area contributed by atoms with E-state index in [4.69, 9.17) is 4.74 Å². The van der Waals surface area contributed by atoms with Crippen molar-refractivity contribution in [1.82, 2.24) is 10.2 Å². The van der Waals surface area contributed by atoms with E-state index in [1.165, 1.54) is 11.3 Å². The molecule has 1 aromatic rings. The third-order valence-corrected chi connectivity index (χ3v) is 3.38. The van der Waals surface area contributed by atoms with Crippen LogP contribution in [0.25, 0.3) is 0 Å². The van der Waals surface area contributed by atoms with Gasteiger partial charge in [0, 0.05) is 46.0 Å². The minimum atomic E-state index is -0.0626. The highest BCUT2D eigenvalue weighted by molar-refractivity contribution is 5.73. The van der Waals surface area contributed by atoms with E-state index < -0.39 is 0 Å². The molecule has 5 nitrogen and oxygen atoms in total. The van der Waals surface area contributed by atoms with Gasteiger partial charge < -0.3 is 19.9 Å². The number of hydrogen-bond acceptors (Lipinski definition) is 3. The highest BCUT2D eigenvalue weighted by Crippen LogP contribution is 2.14. The van der Waals surface area contributed by atoms with Gasteiger partial charge in [-0.15, -0.1) is 0 Å². The monoisotopic (exact) mass is 293 g/mol. The average molecular weight is 293 g/mol. The second-order valence-corrected chi connectivity index (χ2v) is 5.06. The second-order valence-electron chi connectivity index (χ2n) is 5.06. The quantitative estimate of drug-likeness (QED) is 0.798. The van der Waals surface area contributed by atoms with E-state index in [1.807, 2.05) is 0 Å². The molecule has 0 saturated carbocycles. The zero-order valence-corrected chi connectivity index (χ0v) is 13.6. The van der Waals surface area contributed by atoms with Gasteiger partial charge in [0.25, 0.3) is 0 Å². The van der Waals surface area contributed by atoms with Gasteiger partial charge in [0.05, 0.1) is 6.61 Å². The Morgan fingerprint density at radius 3 is 2.71 bits per heavy atom. The van der Waals surface area contributed by atoms with Crippen LogP contribution in [-0.2, 0) is 4.74 Å². The molecule has 1 rings (SSSR count). The first-order valence-corrected chi connectivity index (χ1v) is 7.38. The number of nitrogens with zero attached hydrogens (tertiary/aromatic N) is 2. The van der Waals surface area contributed by atoms with Crippen LogP contribution in [0.3, 0.4) is 0 Å². The van der Waals surface area contributed by atoms with Crippen LogP contribution >= 0.6 is 0 Å². The first-order valence-electron chi connectivity index (χ1n) is 7.38. The third kappa shape index (κ3) is 6.04. The molecule has 2 amide bonds. The first kappa shape index (κ1) is 17.3. The molecule has 0 bridgehead atoms. The molecule has 1 aromatic carbocycles. The summed E-state index contributed by atoms with van der Waals surface area (Å²) in [5.74, 6) is 0. The number of urea groups is 1. The van der Waals surface area contributed by atoms with E-state index in [-0.39, 0.29) is 6.03 Å². The van der Waals surface area contributed by atoms with E-state index >= 15 is 0 Å². The lowest BCUT2D eigenvalue weighted by Gasteiger charge is -2.24. The fraction of sp³-hybridized carbons (Fsp3) is 0.562. The summed E-state index contributed by atoms with van der Waals surface area (Å²) >= 11 is 0. The predicted octanol–water partition coefficient (Wildman–Crippen LogP) is 2.11. The summed E-state index contributed by atoms with van der Waals surface area (Å²) in [6.07, 6.45) is 0. The average Bonchev–Trinajstić information content (AvgIpc) is 2.48. The Kier molecular flexibility index (Phi) is 7.61. The van der Waals surface area contributed by atoms with Crippen molar-refractivity contribution in [3.05, 3.63) is 29.8 Å². The van der Waals surface area contributed by atoms with Crippen molar-refractivity contribution in [3.8, 4) is 0 Å². The molecule has 0 fully saturated rings. The van der Waals surface area contributed by atoms with Crippen molar-refractivity contribution < 1.29 is 9.53 Å². The molecule has 0 aliphatic rings. The number of amides is 2. The lowest BCUT2D eigenvalue weighted by atomic mass is 10.2. The van der Waals surface area contributed by atoms with Crippen molar-refractivity contribution in [1.29, 1.82) is 0 Å². The Morgan fingerprint density at radius 1 is 1.33 bits per heavy atom. The maximum atomic E-state index is 11.9. The van der Waals surface area contributed by atoms with Gasteiger partial charge in [-0.1, -0.05) is 12.1 Å². The van der Waals surface area contributed by atoms with Crippen LogP contribution in [0.5, 0.6) is 0 Å². The summed E-state index contributed by atoms with van der Waals surface area (Å²) < 4.78 is 4.96. The zero-order chi connectivity index (χ0) is 15.7. The van der Waals surface area contributed by atoms with Crippen LogP contribution in [0.2, 0.25) is 0 Å². The third-order valence-electron chi connectivity index (χ3n) is 3.38. The summed E-state index contributed by atoms with van der Waals surface area (Å²) in [5, 5.41) is 2.93. The van der Waals surface area contributed by atoms with Crippen LogP contribution in [-0.4, -0.2) is 57.9 Å². The number of benzene rings is 1. The summed E-state index contributed by atoms with van der Waals surface area (Å²) in [6.45, 7) is 7.69. The molecule has 118 valence electrons. The molecule has 0 radical (unpaired) electrons. The van der Waals surface area contributed by atoms with Gasteiger partial charge in [0.2, 0.25) is 0 Å². The SMILES string of the molecule is CCN(CCNC(=O)N(C)CCOC)c1cccc(C)c1. The molecule has 0 unspecified atom stereocenters. The lowest BCUT2D eigenvalue weighted by molar-refractivity contribution is 0.160. The summed E-state index contributed by atoms with van der Waals surface area (Å²) in [5.41, 5.74) is 2.44. The molecule has 0 aliphatic carbocycles. The Balaban J connectivity index is 2.40. The van der Waals surface area contributed by atoms with Crippen LogP contribution < -0.4 is 10.2 Å². The van der Waals surface area contributed by atoms with Gasteiger partial charge in [-0.2, -0.15) is 0 Å². The number of carbonyl (C=O) groups excluding carboxylic acids is 1. The minimum Gasteiger partial charge on any atom is -0.383 e. The maximum Gasteiger partial charge on any atom is 0.317 e. The molecule has 0 aromatic heterocycles. The highest BCUT2D eigenvalue weighted by Gasteiger charge is 2.09. The molecule has 0 saturated heterocycles. The number of anilines is 1. The van der Waals surface area contributed by atoms with Crippen molar-refractivity contribution >= 4 is 11.7 Å². The fourth-order valence-electron chi connectivity index (χ4n) is 2.06. The molecule has 0 aliphatic heterocycles. The summed E-state index contributed by atoms with van der Waals surface area (Å²) in [6, 6.07) is 8.35. The number of aryl methyl sites for hydroxylation is 1. The normalized spacial score (nSPS) is 10.3. The molecule has 5 heteroatoms. The number of likely N-dealkylation sites (N-methyl/N-ethyl adjacent to an activating group) is 2. The summed E-state index contributed by atoms with van der Waals surface area (Å²) in [7, 11) is 3.40. The number of hydrogen-bond donors (Lipinski definition) is 1. The Morgan fingerprint density at radius 2 is 2.10 bits per heavy atom. The number of nitrogens with one attached hydrogen (secondary N) is 1. The molecule has 1 N–H and O–H groups in total. The van der Waals surface area contributed by atoms with Crippen LogP contribution in [0.4, 0.5) is 10.5 Å². The standard InChI is InChI=1S/C16H27N3O2/c1-5-19(15-8-6-7-14(2)13-15)10-9-17-16(20)18(3)11-12-21-4/h6-8,13H,5,9-12H2,1-4H3,(H,17,20). The van der Waals surface area contributed by atoms with Crippen molar-refractivity contribution in [3.63, 3.8) is 0 Å². The van der Waals surface area contributed by atoms with E-state index in [0.29, 0.717) is 19.7 Å². The minimum absolute atomic E-state index is 0.0626. The maximum absolute atomic E-state index is 11.9. The molecule has 0 heterocycles. The van der Waals surface area contributed by atoms with Crippen molar-refractivity contribution in [2.24, 2.45) is 0 Å². The van der Waals surface area contributed by atoms with Crippen LogP contribution in [0.15, 0.2) is 24.3 Å². The Bertz CT molecular complexity index is 437. The Hall–Kier alpha value is -1.75. The second kappa shape index (κ2) is 9.23. The number of methoxy groups -OCH3 is 1. The van der Waals surface area contributed by atoms with Crippen molar-refractivity contribution in [2.45, 2.75) is 13.8 Å². The molecule has 21 heavy (non-hydrogen) atoms. The smallest absolute Gasteiger partial charge is 0.317 e. The predicted molar refractivity (Wildman–Crippen MR) is 87.0 cm³/mol. The molecular weight excluding hydrogens is 266 g/mol. The van der Waals surface area contributed by atoms with E-state index in [2.05, 4.69) is 48.3 Å². The van der Waals surface area contributed by atoms with E-state index in [0.717, 1.165) is 13.1 Å². The van der Waals surface area contributed by atoms with Crippen LogP contribution in [0.1, 0.15) is 12.5 Å². The van der Waals surface area contributed by atoms with E-state index in [1.54, 1.807) is 19.1 Å². The van der Waals surface area contributed by atoms with Crippen LogP contribution in [0, 0.1) is 6.92 Å². The topological polar surface area (TPSA) is 44.8 Å². The lowest BCUT2D eigenvalue weighted by Crippen LogP contribution is -2.42. The largest absolute Gasteiger partial charge is 0.383 e. The van der Waals surface area contributed by atoms with Gasteiger partial charge in [0.15, 0.2) is 0 Å². The first-order chi connectivity index (χ1) is 10.1. The van der Waals surface area contributed by atoms with Gasteiger partial charge in [-0.25, -0.2) is 4.79 Å². The summed E-state index contributed by atoms with van der Waals surface area (Å²) in [4.78, 5) is 15.7. The number of ether oxygens (including phenoxy) is 1. The fourth-order valence-corrected chi connectivity index (χ4v) is 2.06. The zero-order valence-electron chi connectivity index (χ0n) is 13.6. The van der Waals surface area contributed by atoms with Gasteiger partial charge in [0.1, 0.15) is 0 Å². The van der Waals surface area contributed by atoms with E-state index in [9.17, 15) is 4.79 Å². The number of carbonyl (C=O) groups is 1. The highest BCUT2D eigenvalue weighted by atomic mass is 16.5. The van der Waals surface area contributed by atoms with Crippen molar-refractivity contribution in [2.75, 3.05) is 51.8 Å². The Labute approximate surface area is 127 Å². The molecule has 0 spiro atoms. The van der Waals surface area contributed by atoms with Gasteiger partial charge >= 0.3 is 6.03 Å². The van der Waals surface area contributed by atoms with Gasteiger partial charge in [-0.3, -0.25) is 0 Å². The number of rotatable bonds is 8. The molecular formula is C16H27N3O2. The molecule has 0 atom stereocenters.